The molecule has 0 radical (unpaired) electrons. The summed E-state index contributed by atoms with van der Waals surface area (Å²) in [5, 5.41) is 35.5. The third-order valence-electron chi connectivity index (χ3n) is 9.13. The van der Waals surface area contributed by atoms with E-state index in [0.29, 0.717) is 0 Å². The molecule has 0 unspecified atom stereocenters. The molecule has 1 saturated heterocycles. The van der Waals surface area contributed by atoms with Gasteiger partial charge >= 0.3 is 29.8 Å². The van der Waals surface area contributed by atoms with Crippen LogP contribution in [0.25, 0.3) is 0 Å². The Morgan fingerprint density at radius 3 is 1.98 bits per heavy atom. The fourth-order valence-corrected chi connectivity index (χ4v) is 6.90. The fraction of sp³-hybridized carbons (Fsp3) is 0.444. The molecule has 2 aromatic rings. The van der Waals surface area contributed by atoms with Gasteiger partial charge in [-0.2, -0.15) is 0 Å². The summed E-state index contributed by atoms with van der Waals surface area (Å²) in [6, 6.07) is 4.10. The lowest BCUT2D eigenvalue weighted by Crippen LogP contribution is -2.64. The number of methoxy groups -OCH3 is 2. The lowest BCUT2D eigenvalue weighted by Gasteiger charge is -2.45. The van der Waals surface area contributed by atoms with Crippen LogP contribution in [0.4, 0.5) is 0 Å². The number of carbonyl (C=O) groups is 8. The normalized spacial score (nSPS) is 25.3. The molecular weight excluding hydrogens is 736 g/mol. The Hall–Kier alpha value is -5.92. The largest absolute Gasteiger partial charge is 0.507 e. The van der Waals surface area contributed by atoms with Crippen LogP contribution in [0.2, 0.25) is 0 Å². The van der Waals surface area contributed by atoms with E-state index >= 15 is 0 Å². The van der Waals surface area contributed by atoms with Gasteiger partial charge in [-0.15, -0.1) is 0 Å². The summed E-state index contributed by atoms with van der Waals surface area (Å²) in [6.45, 7) is 2.89. The van der Waals surface area contributed by atoms with Gasteiger partial charge in [0, 0.05) is 57.2 Å². The third kappa shape index (κ3) is 7.45. The van der Waals surface area contributed by atoms with Crippen LogP contribution in [0.3, 0.4) is 0 Å². The molecule has 1 heterocycles. The number of ether oxygens (including phenoxy) is 8. The highest BCUT2D eigenvalue weighted by Crippen LogP contribution is 2.53. The van der Waals surface area contributed by atoms with Gasteiger partial charge in [0.25, 0.3) is 0 Å². The number of esters is 5. The molecule has 3 N–H and O–H groups in total. The molecule has 294 valence electrons. The summed E-state index contributed by atoms with van der Waals surface area (Å²) in [4.78, 5) is 103. The van der Waals surface area contributed by atoms with Crippen LogP contribution < -0.4 is 4.74 Å². The predicted molar refractivity (Wildman–Crippen MR) is 176 cm³/mol. The first-order chi connectivity index (χ1) is 25.8. The first kappa shape index (κ1) is 40.3. The molecule has 3 aliphatic rings. The van der Waals surface area contributed by atoms with Crippen LogP contribution in [0.1, 0.15) is 83.2 Å². The van der Waals surface area contributed by atoms with Gasteiger partial charge in [-0.05, 0) is 6.07 Å². The molecule has 7 atom stereocenters. The highest BCUT2D eigenvalue weighted by Gasteiger charge is 2.57. The van der Waals surface area contributed by atoms with Gasteiger partial charge in [0.15, 0.2) is 36.8 Å². The Kier molecular flexibility index (Phi) is 11.3. The number of phenolic OH excluding ortho intramolecular Hbond substituents is 2. The van der Waals surface area contributed by atoms with Crippen molar-refractivity contribution in [3.63, 3.8) is 0 Å². The number of fused-ring (bicyclic) bond motifs is 3. The lowest BCUT2D eigenvalue weighted by molar-refractivity contribution is -0.314. The van der Waals surface area contributed by atoms with Gasteiger partial charge in [0.05, 0.1) is 37.0 Å². The summed E-state index contributed by atoms with van der Waals surface area (Å²) in [5.74, 6) is -10.0. The number of phenols is 2. The van der Waals surface area contributed by atoms with Crippen molar-refractivity contribution in [2.24, 2.45) is 0 Å². The summed E-state index contributed by atoms with van der Waals surface area (Å²) in [6.07, 6.45) is -13.1. The minimum absolute atomic E-state index is 0.0381. The SMILES string of the molecule is COC(=O)[C@H]1O[C@H](O[C@H]2C[C@](O)(C(=O)COC(C)=O)Cc3c(O)c4c(c(O)c32)C(=O)c2c(OC)cccc2C4=O)[C@H](OC(C)=O)[C@@H](OC(C)=O)[C@@H]1OC(C)=O. The van der Waals surface area contributed by atoms with E-state index < -0.39 is 143 Å². The first-order valence-electron chi connectivity index (χ1n) is 16.5. The van der Waals surface area contributed by atoms with Crippen LogP contribution in [0, 0.1) is 0 Å². The van der Waals surface area contributed by atoms with E-state index in [0.717, 1.165) is 34.8 Å². The Bertz CT molecular complexity index is 2000. The molecule has 2 aromatic carbocycles. The fourth-order valence-electron chi connectivity index (χ4n) is 6.90. The van der Waals surface area contributed by atoms with E-state index in [-0.39, 0.29) is 16.9 Å². The van der Waals surface area contributed by atoms with Gasteiger partial charge in [0.2, 0.25) is 17.9 Å². The summed E-state index contributed by atoms with van der Waals surface area (Å²) < 4.78 is 42.9. The number of aromatic hydroxyl groups is 2. The second-order valence-electron chi connectivity index (χ2n) is 12.8. The first-order valence-corrected chi connectivity index (χ1v) is 16.5. The second kappa shape index (κ2) is 15.4. The van der Waals surface area contributed by atoms with E-state index in [1.54, 1.807) is 0 Å². The van der Waals surface area contributed by atoms with Crippen molar-refractivity contribution in [1.82, 2.24) is 0 Å². The van der Waals surface area contributed by atoms with Gasteiger partial charge in [-0.1, -0.05) is 12.1 Å². The van der Waals surface area contributed by atoms with Crippen molar-refractivity contribution in [3.05, 3.63) is 51.6 Å². The number of Topliss-reactive ketones (excluding diaryl/α,β-unsaturated/α-hetero) is 1. The molecule has 0 amide bonds. The van der Waals surface area contributed by atoms with Gasteiger partial charge in [0.1, 0.15) is 22.8 Å². The summed E-state index contributed by atoms with van der Waals surface area (Å²) in [5.41, 5.74) is -5.31. The average molecular weight is 773 g/mol. The van der Waals surface area contributed by atoms with E-state index in [1.165, 1.54) is 25.3 Å². The van der Waals surface area contributed by atoms with Gasteiger partial charge < -0.3 is 53.2 Å². The Balaban J connectivity index is 1.73. The molecule has 55 heavy (non-hydrogen) atoms. The lowest BCUT2D eigenvalue weighted by atomic mass is 9.72. The standard InChI is InChI=1S/C36H36O19/c1-13(37)50-12-21(41)36(47)10-18-23(29(45)25-24(27(18)43)26(42)17-8-7-9-19(48-5)22(17)28(25)44)20(11-36)54-35-33(53-16(4)40)31(52-15(3)39)30(51-14(2)38)32(55-35)34(46)49-6/h7-9,20,30-33,35,43,45,47H,10-12H2,1-6H3/t20-,30-,31-,32-,33+,35-,36-/m0/s1. The second-order valence-corrected chi connectivity index (χ2v) is 12.8. The van der Waals surface area contributed by atoms with Crippen molar-refractivity contribution in [2.45, 2.75) is 82.9 Å². The van der Waals surface area contributed by atoms with Gasteiger partial charge in [-0.25, -0.2) is 4.79 Å². The van der Waals surface area contributed by atoms with Crippen LogP contribution >= 0.6 is 0 Å². The number of hydrogen-bond acceptors (Lipinski definition) is 19. The number of rotatable bonds is 10. The zero-order valence-corrected chi connectivity index (χ0v) is 30.2. The van der Waals surface area contributed by atoms with E-state index in [2.05, 4.69) is 0 Å². The number of ketones is 3. The molecule has 1 aliphatic heterocycles. The smallest absolute Gasteiger partial charge is 0.339 e. The third-order valence-corrected chi connectivity index (χ3v) is 9.13. The van der Waals surface area contributed by atoms with E-state index in [9.17, 15) is 53.7 Å². The minimum Gasteiger partial charge on any atom is -0.507 e. The maximum absolute atomic E-state index is 14.0. The molecule has 19 heteroatoms. The van der Waals surface area contributed by atoms with Crippen molar-refractivity contribution >= 4 is 47.2 Å². The van der Waals surface area contributed by atoms with Crippen LogP contribution in [0.15, 0.2) is 18.2 Å². The quantitative estimate of drug-likeness (QED) is 0.143. The molecule has 2 aliphatic carbocycles. The molecule has 0 bridgehead atoms. The maximum Gasteiger partial charge on any atom is 0.339 e. The van der Waals surface area contributed by atoms with E-state index in [1.807, 2.05) is 0 Å². The molecule has 0 aromatic heterocycles. The van der Waals surface area contributed by atoms with E-state index in [4.69, 9.17) is 37.9 Å². The van der Waals surface area contributed by atoms with Crippen LogP contribution in [-0.2, 0) is 68.3 Å². The van der Waals surface area contributed by atoms with Gasteiger partial charge in [-0.3, -0.25) is 33.6 Å². The molecule has 5 rings (SSSR count). The molecule has 0 saturated carbocycles. The topological polar surface area (TPSA) is 271 Å². The molecule has 19 nitrogen and oxygen atoms in total. The Labute approximate surface area is 311 Å². The maximum atomic E-state index is 14.0. The predicted octanol–water partition coefficient (Wildman–Crippen LogP) is 0.442. The Morgan fingerprint density at radius 1 is 0.800 bits per heavy atom. The van der Waals surface area contributed by atoms with Crippen molar-refractivity contribution in [3.8, 4) is 17.2 Å². The number of aliphatic hydroxyl groups is 1. The molecule has 0 spiro atoms. The zero-order chi connectivity index (χ0) is 40.7. The van der Waals surface area contributed by atoms with Crippen molar-refractivity contribution in [2.75, 3.05) is 20.8 Å². The van der Waals surface area contributed by atoms with Crippen LogP contribution in [-0.4, -0.2) is 120 Å². The Morgan fingerprint density at radius 2 is 1.40 bits per heavy atom. The van der Waals surface area contributed by atoms with Crippen molar-refractivity contribution < 1.29 is 91.6 Å². The highest BCUT2D eigenvalue weighted by molar-refractivity contribution is 6.31. The molecule has 1 fully saturated rings. The minimum atomic E-state index is -2.60. The molecular formula is C36H36O19. The highest BCUT2D eigenvalue weighted by atomic mass is 16.7. The monoisotopic (exact) mass is 772 g/mol. The number of hydrogen-bond donors (Lipinski definition) is 3. The summed E-state index contributed by atoms with van der Waals surface area (Å²) >= 11 is 0. The number of benzene rings is 2. The zero-order valence-electron chi connectivity index (χ0n) is 30.2. The average Bonchev–Trinajstić information content (AvgIpc) is 3.11. The summed E-state index contributed by atoms with van der Waals surface area (Å²) in [7, 11) is 2.19. The van der Waals surface area contributed by atoms with Crippen LogP contribution in [0.5, 0.6) is 17.2 Å². The number of carbonyl (C=O) groups excluding carboxylic acids is 8. The van der Waals surface area contributed by atoms with Crippen molar-refractivity contribution in [1.29, 1.82) is 0 Å².